The molecule has 132 valence electrons. The van der Waals surface area contributed by atoms with Gasteiger partial charge in [0.25, 0.3) is 0 Å². The molecule has 0 aliphatic rings. The van der Waals surface area contributed by atoms with Gasteiger partial charge in [0.15, 0.2) is 0 Å². The first kappa shape index (κ1) is 19.1. The van der Waals surface area contributed by atoms with Crippen molar-refractivity contribution >= 4 is 23.0 Å². The summed E-state index contributed by atoms with van der Waals surface area (Å²) in [4.78, 5) is 2.16. The van der Waals surface area contributed by atoms with Gasteiger partial charge in [0.05, 0.1) is 5.71 Å². The molecule has 0 aliphatic carbocycles. The number of hydrogen-bond acceptors (Lipinski definition) is 4. The maximum atomic E-state index is 5.35. The highest BCUT2D eigenvalue weighted by molar-refractivity contribution is 7.80. The maximum Gasteiger partial charge on any atom is 0.201 e. The standard InChI is InChI=1S/C19H25N5S/c1-24(2)14-17(16-11-7-4-8-12-16)18(22-23-19(25)21-20)13-15-9-5-3-6-10-15/h3-12,17H,13-14,20H2,1-2H3,(H2,21,23,25)/b22-18+/t17-/m0/s1. The smallest absolute Gasteiger partial charge is 0.201 e. The average molecular weight is 356 g/mol. The molecule has 0 bridgehead atoms. The number of rotatable bonds is 7. The van der Waals surface area contributed by atoms with E-state index in [9.17, 15) is 0 Å². The summed E-state index contributed by atoms with van der Waals surface area (Å²) < 4.78 is 0. The third-order valence-corrected chi connectivity index (χ3v) is 4.02. The fourth-order valence-electron chi connectivity index (χ4n) is 2.65. The molecule has 2 rings (SSSR count). The molecule has 0 saturated heterocycles. The molecule has 1 atom stereocenters. The Bertz CT molecular complexity index is 685. The second-order valence-electron chi connectivity index (χ2n) is 6.08. The summed E-state index contributed by atoms with van der Waals surface area (Å²) in [5, 5.41) is 4.87. The van der Waals surface area contributed by atoms with E-state index in [0.29, 0.717) is 5.11 Å². The van der Waals surface area contributed by atoms with Crippen molar-refractivity contribution in [2.45, 2.75) is 12.3 Å². The Kier molecular flexibility index (Phi) is 7.53. The van der Waals surface area contributed by atoms with Gasteiger partial charge in [-0.05, 0) is 37.4 Å². The van der Waals surface area contributed by atoms with Gasteiger partial charge in [0.2, 0.25) is 5.11 Å². The molecule has 2 aromatic carbocycles. The molecule has 0 heterocycles. The highest BCUT2D eigenvalue weighted by Crippen LogP contribution is 2.21. The lowest BCUT2D eigenvalue weighted by atomic mass is 9.90. The minimum atomic E-state index is 0.143. The largest absolute Gasteiger partial charge is 0.308 e. The van der Waals surface area contributed by atoms with Crippen LogP contribution in [0.15, 0.2) is 65.8 Å². The molecule has 2 aromatic rings. The topological polar surface area (TPSA) is 65.7 Å². The predicted octanol–water partition coefficient (Wildman–Crippen LogP) is 2.27. The zero-order valence-corrected chi connectivity index (χ0v) is 15.5. The van der Waals surface area contributed by atoms with E-state index in [1.165, 1.54) is 11.1 Å². The van der Waals surface area contributed by atoms with E-state index in [0.717, 1.165) is 18.7 Å². The van der Waals surface area contributed by atoms with Crippen molar-refractivity contribution in [2.75, 3.05) is 20.6 Å². The van der Waals surface area contributed by atoms with Crippen LogP contribution in [0, 0.1) is 0 Å². The van der Waals surface area contributed by atoms with E-state index in [1.807, 2.05) is 24.3 Å². The Hall–Kier alpha value is -2.28. The second kappa shape index (κ2) is 9.88. The van der Waals surface area contributed by atoms with E-state index in [4.69, 9.17) is 18.1 Å². The highest BCUT2D eigenvalue weighted by atomic mass is 32.1. The van der Waals surface area contributed by atoms with Crippen molar-refractivity contribution in [3.05, 3.63) is 71.8 Å². The molecule has 0 fully saturated rings. The third kappa shape index (κ3) is 6.26. The number of thiocarbonyl (C=S) groups is 1. The zero-order valence-electron chi connectivity index (χ0n) is 14.6. The molecule has 5 nitrogen and oxygen atoms in total. The van der Waals surface area contributed by atoms with Gasteiger partial charge >= 0.3 is 0 Å². The number of likely N-dealkylation sites (N-methyl/N-ethyl adjacent to an activating group) is 1. The number of nitrogens with two attached hydrogens (primary N) is 1. The van der Waals surface area contributed by atoms with Gasteiger partial charge in [-0.25, -0.2) is 5.84 Å². The molecule has 0 saturated carbocycles. The quantitative estimate of drug-likeness (QED) is 0.308. The molecular weight excluding hydrogens is 330 g/mol. The van der Waals surface area contributed by atoms with Crippen molar-refractivity contribution in [3.63, 3.8) is 0 Å². The highest BCUT2D eigenvalue weighted by Gasteiger charge is 2.20. The van der Waals surface area contributed by atoms with E-state index in [1.54, 1.807) is 0 Å². The number of benzene rings is 2. The van der Waals surface area contributed by atoms with Gasteiger partial charge in [-0.1, -0.05) is 60.7 Å². The van der Waals surface area contributed by atoms with Crippen LogP contribution in [0.25, 0.3) is 0 Å². The molecule has 0 amide bonds. The lowest BCUT2D eigenvalue weighted by Crippen LogP contribution is -2.38. The van der Waals surface area contributed by atoms with E-state index in [2.05, 4.69) is 71.3 Å². The normalized spacial score (nSPS) is 12.7. The third-order valence-electron chi connectivity index (χ3n) is 3.81. The molecule has 6 heteroatoms. The first-order valence-corrected chi connectivity index (χ1v) is 8.57. The van der Waals surface area contributed by atoms with Crippen LogP contribution in [0.5, 0.6) is 0 Å². The van der Waals surface area contributed by atoms with Crippen molar-refractivity contribution in [3.8, 4) is 0 Å². The molecule has 25 heavy (non-hydrogen) atoms. The Morgan fingerprint density at radius 2 is 1.68 bits per heavy atom. The average Bonchev–Trinajstić information content (AvgIpc) is 2.64. The Labute approximate surface area is 154 Å². The number of hydrazone groups is 1. The van der Waals surface area contributed by atoms with Crippen molar-refractivity contribution < 1.29 is 0 Å². The van der Waals surface area contributed by atoms with Crippen LogP contribution in [0.3, 0.4) is 0 Å². The Morgan fingerprint density at radius 3 is 2.24 bits per heavy atom. The molecule has 4 N–H and O–H groups in total. The van der Waals surface area contributed by atoms with Crippen LogP contribution in [0.2, 0.25) is 0 Å². The van der Waals surface area contributed by atoms with Crippen LogP contribution < -0.4 is 16.7 Å². The van der Waals surface area contributed by atoms with Crippen LogP contribution in [0.1, 0.15) is 17.0 Å². The van der Waals surface area contributed by atoms with Crippen molar-refractivity contribution in [1.29, 1.82) is 0 Å². The minimum absolute atomic E-state index is 0.143. The maximum absolute atomic E-state index is 5.35. The van der Waals surface area contributed by atoms with Crippen LogP contribution >= 0.6 is 12.2 Å². The van der Waals surface area contributed by atoms with Crippen LogP contribution in [0.4, 0.5) is 0 Å². The van der Waals surface area contributed by atoms with Gasteiger partial charge in [0.1, 0.15) is 0 Å². The molecule has 0 aliphatic heterocycles. The molecule has 0 unspecified atom stereocenters. The molecule has 0 spiro atoms. The summed E-state index contributed by atoms with van der Waals surface area (Å²) in [6.45, 7) is 0.847. The SMILES string of the molecule is CN(C)C[C@H](/C(Cc1ccccc1)=N/NC(=S)NN)c1ccccc1. The van der Waals surface area contributed by atoms with Gasteiger partial charge in [-0.2, -0.15) is 5.10 Å². The van der Waals surface area contributed by atoms with Crippen LogP contribution in [-0.2, 0) is 6.42 Å². The molecular formula is C19H25N5S. The van der Waals surface area contributed by atoms with Crippen molar-refractivity contribution in [1.82, 2.24) is 15.8 Å². The lowest BCUT2D eigenvalue weighted by Gasteiger charge is -2.24. The Morgan fingerprint density at radius 1 is 1.08 bits per heavy atom. The van der Waals surface area contributed by atoms with Gasteiger partial charge < -0.3 is 4.90 Å². The monoisotopic (exact) mass is 355 g/mol. The fourth-order valence-corrected chi connectivity index (χ4v) is 2.70. The summed E-state index contributed by atoms with van der Waals surface area (Å²) in [6, 6.07) is 20.7. The lowest BCUT2D eigenvalue weighted by molar-refractivity contribution is 0.401. The number of nitrogens with one attached hydrogen (secondary N) is 2. The summed E-state index contributed by atoms with van der Waals surface area (Å²) >= 11 is 5.06. The van der Waals surface area contributed by atoms with E-state index in [-0.39, 0.29) is 5.92 Å². The van der Waals surface area contributed by atoms with Gasteiger partial charge in [-0.3, -0.25) is 10.9 Å². The Balaban J connectivity index is 2.36. The molecule has 0 radical (unpaired) electrons. The predicted molar refractivity (Wildman–Crippen MR) is 108 cm³/mol. The summed E-state index contributed by atoms with van der Waals surface area (Å²) in [6.07, 6.45) is 0.731. The van der Waals surface area contributed by atoms with Gasteiger partial charge in [-0.15, -0.1) is 0 Å². The van der Waals surface area contributed by atoms with E-state index < -0.39 is 0 Å². The van der Waals surface area contributed by atoms with Crippen LogP contribution in [-0.4, -0.2) is 36.4 Å². The zero-order chi connectivity index (χ0) is 18.1. The summed E-state index contributed by atoms with van der Waals surface area (Å²) in [5.74, 6) is 5.49. The summed E-state index contributed by atoms with van der Waals surface area (Å²) in [7, 11) is 4.13. The summed E-state index contributed by atoms with van der Waals surface area (Å²) in [5.41, 5.74) is 8.68. The number of hydrazine groups is 1. The second-order valence-corrected chi connectivity index (χ2v) is 6.48. The first-order valence-electron chi connectivity index (χ1n) is 8.16. The molecule has 0 aromatic heterocycles. The van der Waals surface area contributed by atoms with E-state index >= 15 is 0 Å². The first-order chi connectivity index (χ1) is 12.1. The van der Waals surface area contributed by atoms with Gasteiger partial charge in [0, 0.05) is 18.9 Å². The number of hydrogen-bond donors (Lipinski definition) is 3. The van der Waals surface area contributed by atoms with Crippen molar-refractivity contribution in [2.24, 2.45) is 10.9 Å². The minimum Gasteiger partial charge on any atom is -0.308 e. The number of nitrogens with zero attached hydrogens (tertiary/aromatic N) is 2. The fraction of sp³-hybridized carbons (Fsp3) is 0.263.